The first-order chi connectivity index (χ1) is 13.6. The Morgan fingerprint density at radius 1 is 1.11 bits per heavy atom. The van der Waals surface area contributed by atoms with E-state index in [-0.39, 0.29) is 18.4 Å². The molecule has 0 saturated heterocycles. The average molecular weight is 397 g/mol. The number of thiazole rings is 1. The zero-order chi connectivity index (χ0) is 19.9. The maximum Gasteiger partial charge on any atom is 0.326 e. The van der Waals surface area contributed by atoms with Gasteiger partial charge < -0.3 is 9.30 Å². The number of fused-ring (bicyclic) bond motifs is 1. The Labute approximate surface area is 168 Å². The molecule has 0 saturated carbocycles. The smallest absolute Gasteiger partial charge is 0.326 e. The fourth-order valence-corrected chi connectivity index (χ4v) is 4.05. The summed E-state index contributed by atoms with van der Waals surface area (Å²) in [6.07, 6.45) is 3.28. The number of hydrogen-bond acceptors (Lipinski definition) is 4. The number of benzene rings is 2. The number of unbranched alkanes of at least 4 members (excludes halogenated alkanes) is 1. The molecule has 0 unspecified atom stereocenters. The summed E-state index contributed by atoms with van der Waals surface area (Å²) in [7, 11) is 0. The van der Waals surface area contributed by atoms with Gasteiger partial charge in [-0.15, -0.1) is 0 Å². The summed E-state index contributed by atoms with van der Waals surface area (Å²) in [4.78, 5) is 29.5. The first-order valence-corrected chi connectivity index (χ1v) is 10.4. The number of carbonyl (C=O) groups excluding carboxylic acids is 2. The highest BCUT2D eigenvalue weighted by molar-refractivity contribution is 7.16. The molecule has 0 N–H and O–H groups in total. The molecule has 146 valence electrons. The topological polar surface area (TPSA) is 60.7 Å². The second-order valence-electron chi connectivity index (χ2n) is 6.46. The minimum Gasteiger partial charge on any atom is -0.465 e. The van der Waals surface area contributed by atoms with Gasteiger partial charge in [0.25, 0.3) is 5.91 Å². The van der Waals surface area contributed by atoms with Crippen molar-refractivity contribution in [3.8, 4) is 0 Å². The van der Waals surface area contributed by atoms with Crippen molar-refractivity contribution in [3.05, 3.63) is 64.5 Å². The van der Waals surface area contributed by atoms with E-state index in [9.17, 15) is 9.59 Å². The van der Waals surface area contributed by atoms with Crippen molar-refractivity contribution in [2.45, 2.75) is 39.7 Å². The van der Waals surface area contributed by atoms with Crippen molar-refractivity contribution < 1.29 is 14.3 Å². The van der Waals surface area contributed by atoms with Crippen LogP contribution in [0.5, 0.6) is 0 Å². The fraction of sp³-hybridized carbons (Fsp3) is 0.318. The number of amides is 1. The van der Waals surface area contributed by atoms with Gasteiger partial charge in [0.05, 0.1) is 16.8 Å². The van der Waals surface area contributed by atoms with Crippen LogP contribution < -0.4 is 4.80 Å². The number of aryl methyl sites for hydroxylation is 1. The van der Waals surface area contributed by atoms with E-state index in [1.165, 1.54) is 16.9 Å². The van der Waals surface area contributed by atoms with Crippen molar-refractivity contribution in [1.29, 1.82) is 0 Å². The third kappa shape index (κ3) is 4.75. The largest absolute Gasteiger partial charge is 0.465 e. The van der Waals surface area contributed by atoms with E-state index in [1.54, 1.807) is 35.8 Å². The number of esters is 1. The van der Waals surface area contributed by atoms with E-state index in [4.69, 9.17) is 4.74 Å². The highest BCUT2D eigenvalue weighted by atomic mass is 32.1. The molecule has 0 spiro atoms. The Morgan fingerprint density at radius 2 is 1.89 bits per heavy atom. The number of aromatic nitrogens is 1. The Bertz CT molecular complexity index is 1030. The maximum atomic E-state index is 12.6. The van der Waals surface area contributed by atoms with Crippen LogP contribution in [0.4, 0.5) is 0 Å². The predicted molar refractivity (Wildman–Crippen MR) is 111 cm³/mol. The van der Waals surface area contributed by atoms with Gasteiger partial charge in [0.1, 0.15) is 6.54 Å². The van der Waals surface area contributed by atoms with Crippen LogP contribution in [0, 0.1) is 0 Å². The van der Waals surface area contributed by atoms with E-state index in [1.807, 2.05) is 12.1 Å². The predicted octanol–water partition coefficient (Wildman–Crippen LogP) is 4.35. The minimum absolute atomic E-state index is 0.0308. The van der Waals surface area contributed by atoms with Crippen molar-refractivity contribution in [1.82, 2.24) is 4.57 Å². The Kier molecular flexibility index (Phi) is 6.76. The molecule has 1 aromatic heterocycles. The Balaban J connectivity index is 2.06. The molecule has 0 bridgehead atoms. The molecular weight excluding hydrogens is 372 g/mol. The molecule has 2 aromatic carbocycles. The van der Waals surface area contributed by atoms with E-state index >= 15 is 0 Å². The standard InChI is InChI=1S/C22H24N2O3S/c1-3-5-9-16-12-13-18-19(14-16)28-22(24(18)15-20(25)27-4-2)23-21(26)17-10-7-6-8-11-17/h6-8,10-14H,3-5,9,15H2,1-2H3. The van der Waals surface area contributed by atoms with Crippen molar-refractivity contribution in [3.63, 3.8) is 0 Å². The van der Waals surface area contributed by atoms with Gasteiger partial charge in [-0.3, -0.25) is 9.59 Å². The Morgan fingerprint density at radius 3 is 2.61 bits per heavy atom. The first-order valence-electron chi connectivity index (χ1n) is 9.54. The van der Waals surface area contributed by atoms with Crippen molar-refractivity contribution in [2.24, 2.45) is 4.99 Å². The van der Waals surface area contributed by atoms with Crippen LogP contribution >= 0.6 is 11.3 Å². The third-order valence-electron chi connectivity index (χ3n) is 4.38. The molecule has 0 aliphatic rings. The zero-order valence-electron chi connectivity index (χ0n) is 16.2. The number of carbonyl (C=O) groups is 2. The summed E-state index contributed by atoms with van der Waals surface area (Å²) in [5, 5.41) is 0. The lowest BCUT2D eigenvalue weighted by Crippen LogP contribution is -2.23. The molecule has 0 aliphatic carbocycles. The fourth-order valence-electron chi connectivity index (χ4n) is 2.96. The normalized spacial score (nSPS) is 11.7. The summed E-state index contributed by atoms with van der Waals surface area (Å²) >= 11 is 1.42. The third-order valence-corrected chi connectivity index (χ3v) is 5.42. The van der Waals surface area contributed by atoms with Crippen LogP contribution in [-0.4, -0.2) is 23.1 Å². The van der Waals surface area contributed by atoms with Gasteiger partial charge in [-0.2, -0.15) is 4.99 Å². The van der Waals surface area contributed by atoms with E-state index in [0.717, 1.165) is 29.5 Å². The van der Waals surface area contributed by atoms with Gasteiger partial charge in [-0.25, -0.2) is 0 Å². The highest BCUT2D eigenvalue weighted by Gasteiger charge is 2.13. The van der Waals surface area contributed by atoms with Crippen LogP contribution in [0.3, 0.4) is 0 Å². The molecule has 5 nitrogen and oxygen atoms in total. The van der Waals surface area contributed by atoms with Crippen LogP contribution in [0.1, 0.15) is 42.6 Å². The molecule has 0 fully saturated rings. The number of nitrogens with zero attached hydrogens (tertiary/aromatic N) is 2. The van der Waals surface area contributed by atoms with E-state index in [0.29, 0.717) is 17.0 Å². The van der Waals surface area contributed by atoms with Gasteiger partial charge in [0.15, 0.2) is 4.80 Å². The molecule has 3 aromatic rings. The summed E-state index contributed by atoms with van der Waals surface area (Å²) in [5.74, 6) is -0.665. The second kappa shape index (κ2) is 9.46. The SMILES string of the molecule is CCCCc1ccc2c(c1)sc(=NC(=O)c1ccccc1)n2CC(=O)OCC. The Hall–Kier alpha value is -2.73. The van der Waals surface area contributed by atoms with E-state index < -0.39 is 0 Å². The molecule has 1 heterocycles. The lowest BCUT2D eigenvalue weighted by molar-refractivity contribution is -0.143. The number of ether oxygens (including phenoxy) is 1. The summed E-state index contributed by atoms with van der Waals surface area (Å²) in [6.45, 7) is 4.29. The maximum absolute atomic E-state index is 12.6. The zero-order valence-corrected chi connectivity index (χ0v) is 17.0. The lowest BCUT2D eigenvalue weighted by atomic mass is 10.1. The summed E-state index contributed by atoms with van der Waals surface area (Å²) in [5.41, 5.74) is 2.66. The quantitative estimate of drug-likeness (QED) is 0.558. The van der Waals surface area contributed by atoms with Gasteiger partial charge in [0.2, 0.25) is 0 Å². The van der Waals surface area contributed by atoms with Crippen LogP contribution in [-0.2, 0) is 22.5 Å². The van der Waals surface area contributed by atoms with Gasteiger partial charge in [0, 0.05) is 5.56 Å². The number of hydrogen-bond donors (Lipinski definition) is 0. The molecule has 0 radical (unpaired) electrons. The van der Waals surface area contributed by atoms with Gasteiger partial charge in [-0.05, 0) is 49.6 Å². The van der Waals surface area contributed by atoms with Gasteiger partial charge in [-0.1, -0.05) is 48.9 Å². The number of rotatable bonds is 7. The second-order valence-corrected chi connectivity index (χ2v) is 7.47. The molecule has 1 amide bonds. The lowest BCUT2D eigenvalue weighted by Gasteiger charge is -2.06. The van der Waals surface area contributed by atoms with Crippen molar-refractivity contribution >= 4 is 33.4 Å². The highest BCUT2D eigenvalue weighted by Crippen LogP contribution is 2.21. The van der Waals surface area contributed by atoms with Crippen LogP contribution in [0.2, 0.25) is 0 Å². The van der Waals surface area contributed by atoms with Crippen LogP contribution in [0.25, 0.3) is 10.2 Å². The summed E-state index contributed by atoms with van der Waals surface area (Å²) < 4.78 is 7.88. The summed E-state index contributed by atoms with van der Waals surface area (Å²) in [6, 6.07) is 15.1. The van der Waals surface area contributed by atoms with Crippen LogP contribution in [0.15, 0.2) is 53.5 Å². The first kappa shape index (κ1) is 20.0. The molecule has 6 heteroatoms. The van der Waals surface area contributed by atoms with Crippen molar-refractivity contribution in [2.75, 3.05) is 6.61 Å². The van der Waals surface area contributed by atoms with E-state index in [2.05, 4.69) is 24.0 Å². The molecule has 3 rings (SSSR count). The monoisotopic (exact) mass is 396 g/mol. The molecule has 28 heavy (non-hydrogen) atoms. The average Bonchev–Trinajstić information content (AvgIpc) is 3.03. The molecule has 0 aliphatic heterocycles. The molecule has 0 atom stereocenters. The minimum atomic E-state index is -0.342. The molecular formula is C22H24N2O3S. The van der Waals surface area contributed by atoms with Gasteiger partial charge >= 0.3 is 5.97 Å².